The molecular weight excluding hydrogens is 482 g/mol. The second kappa shape index (κ2) is 10.7. The molecule has 35 heavy (non-hydrogen) atoms. The quantitative estimate of drug-likeness (QED) is 0.290. The molecule has 0 fully saturated rings. The molecule has 0 saturated heterocycles. The van der Waals surface area contributed by atoms with Gasteiger partial charge in [-0.1, -0.05) is 37.3 Å². The van der Waals surface area contributed by atoms with E-state index in [9.17, 15) is 13.2 Å². The smallest absolute Gasteiger partial charge is 0.238 e. The van der Waals surface area contributed by atoms with Crippen molar-refractivity contribution in [2.45, 2.75) is 44.4 Å². The monoisotopic (exact) mass is 511 g/mol. The number of carbonyl (C=O) groups excluding carboxylic acids is 1. The number of fused-ring (bicyclic) bond motifs is 1. The number of nitrogens with one attached hydrogen (secondary N) is 2. The van der Waals surface area contributed by atoms with Crippen LogP contribution in [-0.4, -0.2) is 29.5 Å². The number of nitrogens with two attached hydrogens (primary N) is 1. The van der Waals surface area contributed by atoms with E-state index in [4.69, 9.17) is 5.14 Å². The van der Waals surface area contributed by atoms with Crippen LogP contribution in [0.1, 0.15) is 35.3 Å². The summed E-state index contributed by atoms with van der Waals surface area (Å²) in [5, 5.41) is 19.4. The van der Waals surface area contributed by atoms with Crippen molar-refractivity contribution in [2.24, 2.45) is 17.0 Å². The molecular formula is C25H29N5O3S2. The number of primary sulfonamides is 1. The van der Waals surface area contributed by atoms with Gasteiger partial charge in [-0.25, -0.2) is 13.6 Å². The normalized spacial score (nSPS) is 13.6. The predicted octanol–water partition coefficient (Wildman–Crippen LogP) is 4.43. The number of hydrogen-bond acceptors (Lipinski definition) is 6. The van der Waals surface area contributed by atoms with Crippen LogP contribution in [0.2, 0.25) is 0 Å². The zero-order valence-electron chi connectivity index (χ0n) is 19.7. The molecule has 8 nitrogen and oxygen atoms in total. The van der Waals surface area contributed by atoms with E-state index in [0.717, 1.165) is 51.4 Å². The number of benzene rings is 2. The van der Waals surface area contributed by atoms with Crippen LogP contribution in [0.3, 0.4) is 0 Å². The molecule has 184 valence electrons. The first-order valence-corrected chi connectivity index (χ1v) is 13.8. The summed E-state index contributed by atoms with van der Waals surface area (Å²) in [6.07, 6.45) is 4.83. The maximum atomic E-state index is 13.4. The van der Waals surface area contributed by atoms with E-state index >= 15 is 0 Å². The number of anilines is 1. The summed E-state index contributed by atoms with van der Waals surface area (Å²) < 4.78 is 22.9. The van der Waals surface area contributed by atoms with Gasteiger partial charge in [-0.3, -0.25) is 4.79 Å². The van der Waals surface area contributed by atoms with Gasteiger partial charge in [0.15, 0.2) is 0 Å². The fourth-order valence-corrected chi connectivity index (χ4v) is 5.52. The van der Waals surface area contributed by atoms with Gasteiger partial charge in [-0.2, -0.15) is 0 Å². The van der Waals surface area contributed by atoms with Crippen LogP contribution in [0.5, 0.6) is 0 Å². The van der Waals surface area contributed by atoms with Crippen molar-refractivity contribution >= 4 is 43.9 Å². The molecule has 1 amide bonds. The Kier molecular flexibility index (Phi) is 7.63. The molecule has 4 N–H and O–H groups in total. The van der Waals surface area contributed by atoms with Crippen LogP contribution >= 0.6 is 11.3 Å². The maximum absolute atomic E-state index is 13.4. The highest BCUT2D eigenvalue weighted by molar-refractivity contribution is 7.89. The first-order valence-electron chi connectivity index (χ1n) is 11.5. The molecule has 2 unspecified atom stereocenters. The number of carbonyl (C=O) groups is 1. The lowest BCUT2D eigenvalue weighted by Crippen LogP contribution is -2.30. The van der Waals surface area contributed by atoms with E-state index in [1.54, 1.807) is 12.1 Å². The van der Waals surface area contributed by atoms with E-state index in [1.807, 2.05) is 37.4 Å². The number of rotatable bonds is 10. The highest BCUT2D eigenvalue weighted by atomic mass is 32.2. The number of sulfonamides is 1. The van der Waals surface area contributed by atoms with Gasteiger partial charge in [0.1, 0.15) is 10.0 Å². The topological polar surface area (TPSA) is 131 Å². The van der Waals surface area contributed by atoms with Crippen LogP contribution in [0.15, 0.2) is 59.6 Å². The Balaban J connectivity index is 1.43. The van der Waals surface area contributed by atoms with Gasteiger partial charge in [0.2, 0.25) is 15.9 Å². The molecule has 2 atom stereocenters. The number of aromatic amines is 1. The summed E-state index contributed by atoms with van der Waals surface area (Å²) in [5.74, 6) is -0.193. The van der Waals surface area contributed by atoms with E-state index in [1.165, 1.54) is 23.5 Å². The Morgan fingerprint density at radius 3 is 2.57 bits per heavy atom. The Morgan fingerprint density at radius 2 is 1.89 bits per heavy atom. The highest BCUT2D eigenvalue weighted by Gasteiger charge is 2.27. The lowest BCUT2D eigenvalue weighted by atomic mass is 9.86. The number of H-pyrrole nitrogens is 1. The van der Waals surface area contributed by atoms with Crippen LogP contribution in [0, 0.1) is 18.8 Å². The molecule has 2 aromatic carbocycles. The molecule has 0 aliphatic carbocycles. The van der Waals surface area contributed by atoms with Crippen molar-refractivity contribution in [2.75, 3.05) is 5.32 Å². The van der Waals surface area contributed by atoms with Crippen LogP contribution in [0.4, 0.5) is 5.69 Å². The minimum absolute atomic E-state index is 0.0346. The molecule has 2 aromatic heterocycles. The van der Waals surface area contributed by atoms with Crippen molar-refractivity contribution in [3.63, 3.8) is 0 Å². The van der Waals surface area contributed by atoms with Crippen molar-refractivity contribution in [3.05, 3.63) is 70.3 Å². The number of para-hydroxylation sites is 1. The summed E-state index contributed by atoms with van der Waals surface area (Å²) >= 11 is 1.52. The second-order valence-corrected chi connectivity index (χ2v) is 11.6. The first kappa shape index (κ1) is 25.0. The van der Waals surface area contributed by atoms with Crippen LogP contribution < -0.4 is 10.5 Å². The van der Waals surface area contributed by atoms with Gasteiger partial charge in [0.05, 0.1) is 10.6 Å². The summed E-state index contributed by atoms with van der Waals surface area (Å²) in [4.78, 5) is 16.7. The van der Waals surface area contributed by atoms with Gasteiger partial charge in [-0.15, -0.1) is 21.5 Å². The highest BCUT2D eigenvalue weighted by Crippen LogP contribution is 2.28. The maximum Gasteiger partial charge on any atom is 0.238 e. The Morgan fingerprint density at radius 1 is 1.14 bits per heavy atom. The van der Waals surface area contributed by atoms with Gasteiger partial charge < -0.3 is 10.3 Å². The molecule has 4 aromatic rings. The molecule has 0 aliphatic heterocycles. The Labute approximate surface area is 209 Å². The van der Waals surface area contributed by atoms with E-state index in [-0.39, 0.29) is 22.6 Å². The summed E-state index contributed by atoms with van der Waals surface area (Å²) in [6, 6.07) is 14.5. The van der Waals surface area contributed by atoms with Crippen LogP contribution in [-0.2, 0) is 27.7 Å². The van der Waals surface area contributed by atoms with Gasteiger partial charge >= 0.3 is 0 Å². The largest absolute Gasteiger partial charge is 0.359 e. The van der Waals surface area contributed by atoms with Gasteiger partial charge in [0, 0.05) is 29.4 Å². The van der Waals surface area contributed by atoms with Crippen molar-refractivity contribution in [1.82, 2.24) is 15.2 Å². The lowest BCUT2D eigenvalue weighted by molar-refractivity contribution is -0.121. The number of hydrogen-bond donors (Lipinski definition) is 3. The molecule has 2 heterocycles. The van der Waals surface area contributed by atoms with E-state index in [0.29, 0.717) is 6.42 Å². The molecule has 0 spiro atoms. The average Bonchev–Trinajstić information content (AvgIpc) is 3.43. The SMILES string of the molecule is Cc1nnc(CC(C(=O)Nc2c[nH]c3ccccc23)C(C)CCCc2ccc(S(N)(=O)=O)cc2)s1. The minimum Gasteiger partial charge on any atom is -0.359 e. The fourth-order valence-electron chi connectivity index (χ4n) is 4.24. The third kappa shape index (κ3) is 6.33. The Bertz CT molecular complexity index is 1410. The van der Waals surface area contributed by atoms with Crippen molar-refractivity contribution in [1.29, 1.82) is 0 Å². The standard InChI is InChI=1S/C25H29N5O3S2/c1-16(6-5-7-18-10-12-19(13-11-18)35(26,32)33)21(14-24-30-29-17(2)34-24)25(31)28-23-15-27-22-9-4-3-8-20(22)23/h3-4,8-13,15-16,21,27H,5-7,14H2,1-2H3,(H,28,31)(H2,26,32,33). The van der Waals surface area contributed by atoms with Gasteiger partial charge in [0.25, 0.3) is 0 Å². The summed E-state index contributed by atoms with van der Waals surface area (Å²) in [6.45, 7) is 4.00. The first-order chi connectivity index (χ1) is 16.7. The Hall–Kier alpha value is -3.08. The number of amides is 1. The third-order valence-corrected chi connectivity index (χ3v) is 8.00. The summed E-state index contributed by atoms with van der Waals surface area (Å²) in [5.41, 5.74) is 2.77. The average molecular weight is 512 g/mol. The molecule has 0 aliphatic rings. The number of aromatic nitrogens is 3. The summed E-state index contributed by atoms with van der Waals surface area (Å²) in [7, 11) is -3.69. The zero-order valence-corrected chi connectivity index (χ0v) is 21.3. The second-order valence-electron chi connectivity index (χ2n) is 8.82. The predicted molar refractivity (Wildman–Crippen MR) is 139 cm³/mol. The third-order valence-electron chi connectivity index (χ3n) is 6.21. The van der Waals surface area contributed by atoms with Crippen molar-refractivity contribution in [3.8, 4) is 0 Å². The zero-order chi connectivity index (χ0) is 25.0. The van der Waals surface area contributed by atoms with Crippen molar-refractivity contribution < 1.29 is 13.2 Å². The molecule has 0 radical (unpaired) electrons. The molecule has 0 saturated carbocycles. The number of aryl methyl sites for hydroxylation is 2. The lowest BCUT2D eigenvalue weighted by Gasteiger charge is -2.22. The van der Waals surface area contributed by atoms with E-state index < -0.39 is 10.0 Å². The van der Waals surface area contributed by atoms with E-state index in [2.05, 4.69) is 27.4 Å². The minimum atomic E-state index is -3.69. The van der Waals surface area contributed by atoms with Crippen LogP contribution in [0.25, 0.3) is 10.9 Å². The molecule has 4 rings (SSSR count). The van der Waals surface area contributed by atoms with Gasteiger partial charge in [-0.05, 0) is 55.9 Å². The number of nitrogens with zero attached hydrogens (tertiary/aromatic N) is 2. The molecule has 0 bridgehead atoms. The fraction of sp³-hybridized carbons (Fsp3) is 0.320. The molecule has 10 heteroatoms.